The van der Waals surface area contributed by atoms with Gasteiger partial charge in [0.2, 0.25) is 5.91 Å². The van der Waals surface area contributed by atoms with E-state index in [2.05, 4.69) is 29.6 Å². The monoisotopic (exact) mass is 422 g/mol. The second kappa shape index (κ2) is 8.79. The summed E-state index contributed by atoms with van der Waals surface area (Å²) in [5, 5.41) is 11.8. The first-order chi connectivity index (χ1) is 15.0. The third-order valence-corrected chi connectivity index (χ3v) is 6.23. The summed E-state index contributed by atoms with van der Waals surface area (Å²) in [5.74, 6) is -1.65. The summed E-state index contributed by atoms with van der Waals surface area (Å²) in [6, 6.07) is 16.2. The summed E-state index contributed by atoms with van der Waals surface area (Å²) in [4.78, 5) is 37.3. The van der Waals surface area contributed by atoms with Crippen LogP contribution in [0.3, 0.4) is 0 Å². The predicted octanol–water partition coefficient (Wildman–Crippen LogP) is 3.09. The van der Waals surface area contributed by atoms with E-state index >= 15 is 0 Å². The topological polar surface area (TPSA) is 95.9 Å². The van der Waals surface area contributed by atoms with Crippen LogP contribution in [0.25, 0.3) is 11.1 Å². The number of carbonyl (C=O) groups excluding carboxylic acids is 2. The lowest BCUT2D eigenvalue weighted by molar-refractivity contribution is -0.142. The molecule has 31 heavy (non-hydrogen) atoms. The molecular formula is C24H26N2O5. The van der Waals surface area contributed by atoms with Crippen molar-refractivity contribution in [3.63, 3.8) is 0 Å². The minimum absolute atomic E-state index is 0.0150. The Bertz CT molecular complexity index is 959. The Labute approximate surface area is 181 Å². The highest BCUT2D eigenvalue weighted by molar-refractivity contribution is 5.80. The standard InChI is InChI=1S/C24H26N2O5/c1-15-12-26(13-20(15)23(28)29)22(27)10-11-25-24(30)31-14-21-18-8-4-2-6-16(18)17-7-3-5-9-19(17)21/h2-9,15,20-21H,10-14H2,1H3,(H,25,30)(H,28,29). The number of ether oxygens (including phenoxy) is 1. The molecule has 2 aromatic carbocycles. The van der Waals surface area contributed by atoms with Crippen molar-refractivity contribution in [3.05, 3.63) is 59.7 Å². The van der Waals surface area contributed by atoms with Crippen molar-refractivity contribution in [1.29, 1.82) is 0 Å². The van der Waals surface area contributed by atoms with Crippen LogP contribution in [0.4, 0.5) is 4.79 Å². The van der Waals surface area contributed by atoms with Crippen LogP contribution in [0, 0.1) is 11.8 Å². The Morgan fingerprint density at radius 3 is 2.23 bits per heavy atom. The maximum atomic E-state index is 12.3. The fourth-order valence-electron chi connectivity index (χ4n) is 4.57. The lowest BCUT2D eigenvalue weighted by Crippen LogP contribution is -2.34. The van der Waals surface area contributed by atoms with Crippen LogP contribution in [0.15, 0.2) is 48.5 Å². The van der Waals surface area contributed by atoms with Gasteiger partial charge in [0, 0.05) is 32.0 Å². The van der Waals surface area contributed by atoms with Gasteiger partial charge in [-0.3, -0.25) is 9.59 Å². The summed E-state index contributed by atoms with van der Waals surface area (Å²) in [7, 11) is 0. The smallest absolute Gasteiger partial charge is 0.407 e. The third kappa shape index (κ3) is 4.26. The zero-order valence-electron chi connectivity index (χ0n) is 17.4. The lowest BCUT2D eigenvalue weighted by atomic mass is 9.98. The maximum Gasteiger partial charge on any atom is 0.407 e. The average Bonchev–Trinajstić information content (AvgIpc) is 3.31. The molecule has 2 aromatic rings. The van der Waals surface area contributed by atoms with E-state index in [1.54, 1.807) is 4.90 Å². The lowest BCUT2D eigenvalue weighted by Gasteiger charge is -2.17. The number of benzene rings is 2. The number of nitrogens with zero attached hydrogens (tertiary/aromatic N) is 1. The van der Waals surface area contributed by atoms with Crippen molar-refractivity contribution in [2.45, 2.75) is 19.3 Å². The van der Waals surface area contributed by atoms with Crippen molar-refractivity contribution in [2.75, 3.05) is 26.2 Å². The number of carbonyl (C=O) groups is 3. The molecule has 2 amide bonds. The molecule has 1 heterocycles. The molecule has 0 radical (unpaired) electrons. The summed E-state index contributed by atoms with van der Waals surface area (Å²) in [6.07, 6.45) is -0.448. The molecule has 7 nitrogen and oxygen atoms in total. The first-order valence-corrected chi connectivity index (χ1v) is 10.5. The Hall–Kier alpha value is -3.35. The zero-order chi connectivity index (χ0) is 22.0. The van der Waals surface area contributed by atoms with Crippen molar-refractivity contribution in [3.8, 4) is 11.1 Å². The summed E-state index contributed by atoms with van der Waals surface area (Å²) in [5.41, 5.74) is 4.61. The molecule has 0 bridgehead atoms. The number of hydrogen-bond acceptors (Lipinski definition) is 4. The number of likely N-dealkylation sites (tertiary alicyclic amines) is 1. The van der Waals surface area contributed by atoms with Gasteiger partial charge in [0.1, 0.15) is 6.61 Å². The highest BCUT2D eigenvalue weighted by Gasteiger charge is 2.36. The molecule has 1 saturated heterocycles. The van der Waals surface area contributed by atoms with Crippen molar-refractivity contribution >= 4 is 18.0 Å². The molecule has 0 aromatic heterocycles. The Morgan fingerprint density at radius 1 is 1.03 bits per heavy atom. The highest BCUT2D eigenvalue weighted by Crippen LogP contribution is 2.44. The molecular weight excluding hydrogens is 396 g/mol. The van der Waals surface area contributed by atoms with E-state index in [0.717, 1.165) is 22.3 Å². The Kier molecular flexibility index (Phi) is 5.93. The zero-order valence-corrected chi connectivity index (χ0v) is 17.4. The van der Waals surface area contributed by atoms with E-state index in [0.29, 0.717) is 6.54 Å². The summed E-state index contributed by atoms with van der Waals surface area (Å²) in [6.45, 7) is 2.86. The van der Waals surface area contributed by atoms with E-state index in [9.17, 15) is 19.5 Å². The van der Waals surface area contributed by atoms with Gasteiger partial charge in [0.15, 0.2) is 0 Å². The third-order valence-electron chi connectivity index (χ3n) is 6.23. The van der Waals surface area contributed by atoms with E-state index in [1.807, 2.05) is 31.2 Å². The largest absolute Gasteiger partial charge is 0.481 e. The van der Waals surface area contributed by atoms with Crippen LogP contribution in [0.5, 0.6) is 0 Å². The molecule has 7 heteroatoms. The normalized spacial score (nSPS) is 19.6. The van der Waals surface area contributed by atoms with Crippen molar-refractivity contribution < 1.29 is 24.2 Å². The molecule has 162 valence electrons. The summed E-state index contributed by atoms with van der Waals surface area (Å²) < 4.78 is 5.46. The number of carboxylic acids is 1. The molecule has 0 spiro atoms. The average molecular weight is 422 g/mol. The van der Waals surface area contributed by atoms with Gasteiger partial charge >= 0.3 is 12.1 Å². The van der Waals surface area contributed by atoms with Crippen LogP contribution in [0.1, 0.15) is 30.4 Å². The number of rotatable bonds is 6. The SMILES string of the molecule is CC1CN(C(=O)CCNC(=O)OCC2c3ccccc3-c3ccccc32)CC1C(=O)O. The number of hydrogen-bond donors (Lipinski definition) is 2. The van der Waals surface area contributed by atoms with Gasteiger partial charge in [0.05, 0.1) is 5.92 Å². The van der Waals surface area contributed by atoms with E-state index < -0.39 is 18.0 Å². The van der Waals surface area contributed by atoms with Crippen molar-refractivity contribution in [1.82, 2.24) is 10.2 Å². The van der Waals surface area contributed by atoms with Crippen LogP contribution in [-0.4, -0.2) is 54.2 Å². The number of aliphatic carboxylic acids is 1. The van der Waals surface area contributed by atoms with E-state index in [-0.39, 0.29) is 43.9 Å². The summed E-state index contributed by atoms with van der Waals surface area (Å²) >= 11 is 0. The molecule has 1 fully saturated rings. The molecule has 1 aliphatic carbocycles. The first-order valence-electron chi connectivity index (χ1n) is 10.5. The fraction of sp³-hybridized carbons (Fsp3) is 0.375. The molecule has 2 N–H and O–H groups in total. The van der Waals surface area contributed by atoms with Crippen LogP contribution < -0.4 is 5.32 Å². The minimum atomic E-state index is -0.875. The van der Waals surface area contributed by atoms with Crippen LogP contribution in [-0.2, 0) is 14.3 Å². The number of amides is 2. The molecule has 2 unspecified atom stereocenters. The molecule has 0 saturated carbocycles. The van der Waals surface area contributed by atoms with Crippen LogP contribution >= 0.6 is 0 Å². The van der Waals surface area contributed by atoms with E-state index in [1.165, 1.54) is 0 Å². The number of alkyl carbamates (subject to hydrolysis) is 1. The molecule has 1 aliphatic heterocycles. The quantitative estimate of drug-likeness (QED) is 0.746. The maximum absolute atomic E-state index is 12.3. The second-order valence-corrected chi connectivity index (χ2v) is 8.22. The second-order valence-electron chi connectivity index (χ2n) is 8.22. The van der Waals surface area contributed by atoms with Gasteiger partial charge in [-0.2, -0.15) is 0 Å². The van der Waals surface area contributed by atoms with Gasteiger partial charge in [-0.05, 0) is 28.2 Å². The van der Waals surface area contributed by atoms with Gasteiger partial charge in [-0.25, -0.2) is 4.79 Å². The first kappa shape index (κ1) is 20.9. The highest BCUT2D eigenvalue weighted by atomic mass is 16.5. The number of carboxylic acid groups (broad SMARTS) is 1. The molecule has 2 atom stereocenters. The van der Waals surface area contributed by atoms with Gasteiger partial charge < -0.3 is 20.1 Å². The molecule has 4 rings (SSSR count). The number of nitrogens with one attached hydrogen (secondary N) is 1. The van der Waals surface area contributed by atoms with Gasteiger partial charge in [-0.1, -0.05) is 55.5 Å². The predicted molar refractivity (Wildman–Crippen MR) is 115 cm³/mol. The van der Waals surface area contributed by atoms with Crippen LogP contribution in [0.2, 0.25) is 0 Å². The Balaban J connectivity index is 1.26. The van der Waals surface area contributed by atoms with Gasteiger partial charge in [0.25, 0.3) is 0 Å². The van der Waals surface area contributed by atoms with E-state index in [4.69, 9.17) is 4.74 Å². The molecule has 2 aliphatic rings. The van der Waals surface area contributed by atoms with Gasteiger partial charge in [-0.15, -0.1) is 0 Å². The minimum Gasteiger partial charge on any atom is -0.481 e. The fourth-order valence-corrected chi connectivity index (χ4v) is 4.57. The number of fused-ring (bicyclic) bond motifs is 3. The Morgan fingerprint density at radius 2 is 1.65 bits per heavy atom. The van der Waals surface area contributed by atoms with Crippen molar-refractivity contribution in [2.24, 2.45) is 11.8 Å².